The Bertz CT molecular complexity index is 765. The SMILES string of the molecule is COc1ccc(NCc2cccc3ccccc23)cc1F. The number of nitrogens with one attached hydrogen (secondary N) is 1. The molecule has 0 saturated heterocycles. The van der Waals surface area contributed by atoms with Crippen molar-refractivity contribution < 1.29 is 9.13 Å². The number of benzene rings is 3. The van der Waals surface area contributed by atoms with Crippen LogP contribution in [0, 0.1) is 5.82 Å². The van der Waals surface area contributed by atoms with Crippen LogP contribution in [-0.4, -0.2) is 7.11 Å². The Hall–Kier alpha value is -2.55. The van der Waals surface area contributed by atoms with Crippen molar-refractivity contribution in [1.29, 1.82) is 0 Å². The Morgan fingerprint density at radius 2 is 1.81 bits per heavy atom. The van der Waals surface area contributed by atoms with Crippen LogP contribution in [0.5, 0.6) is 5.75 Å². The van der Waals surface area contributed by atoms with Crippen LogP contribution < -0.4 is 10.1 Å². The predicted octanol–water partition coefficient (Wildman–Crippen LogP) is 4.60. The zero-order chi connectivity index (χ0) is 14.7. The third-order valence-electron chi connectivity index (χ3n) is 3.51. The molecule has 2 nitrogen and oxygen atoms in total. The number of halogens is 1. The molecule has 0 radical (unpaired) electrons. The molecule has 0 heterocycles. The third kappa shape index (κ3) is 2.82. The maximum Gasteiger partial charge on any atom is 0.167 e. The smallest absolute Gasteiger partial charge is 0.167 e. The summed E-state index contributed by atoms with van der Waals surface area (Å²) in [6.45, 7) is 0.646. The Morgan fingerprint density at radius 3 is 2.62 bits per heavy atom. The van der Waals surface area contributed by atoms with Crippen molar-refractivity contribution >= 4 is 16.5 Å². The van der Waals surface area contributed by atoms with E-state index in [0.29, 0.717) is 6.54 Å². The van der Waals surface area contributed by atoms with Gasteiger partial charge in [0.25, 0.3) is 0 Å². The summed E-state index contributed by atoms with van der Waals surface area (Å²) < 4.78 is 18.6. The van der Waals surface area contributed by atoms with Gasteiger partial charge in [0.1, 0.15) is 0 Å². The van der Waals surface area contributed by atoms with Gasteiger partial charge in [-0.25, -0.2) is 4.39 Å². The van der Waals surface area contributed by atoms with Crippen molar-refractivity contribution in [2.45, 2.75) is 6.54 Å². The van der Waals surface area contributed by atoms with Crippen molar-refractivity contribution in [3.63, 3.8) is 0 Å². The Kier molecular flexibility index (Phi) is 3.73. The van der Waals surface area contributed by atoms with Gasteiger partial charge < -0.3 is 10.1 Å². The highest BCUT2D eigenvalue weighted by atomic mass is 19.1. The first-order valence-corrected chi connectivity index (χ1v) is 6.82. The van der Waals surface area contributed by atoms with Crippen LogP contribution in [0.4, 0.5) is 10.1 Å². The minimum absolute atomic E-state index is 0.255. The van der Waals surface area contributed by atoms with E-state index < -0.39 is 0 Å². The maximum absolute atomic E-state index is 13.7. The lowest BCUT2D eigenvalue weighted by Gasteiger charge is -2.10. The fourth-order valence-electron chi connectivity index (χ4n) is 2.42. The molecule has 0 atom stereocenters. The Balaban J connectivity index is 1.82. The minimum atomic E-state index is -0.361. The van der Waals surface area contributed by atoms with Gasteiger partial charge in [0.2, 0.25) is 0 Å². The highest BCUT2D eigenvalue weighted by Crippen LogP contribution is 2.23. The molecule has 3 rings (SSSR count). The van der Waals surface area contributed by atoms with Gasteiger partial charge >= 0.3 is 0 Å². The average molecular weight is 281 g/mol. The molecule has 21 heavy (non-hydrogen) atoms. The van der Waals surface area contributed by atoms with Crippen molar-refractivity contribution in [1.82, 2.24) is 0 Å². The van der Waals surface area contributed by atoms with Crippen LogP contribution in [0.2, 0.25) is 0 Å². The van der Waals surface area contributed by atoms with Crippen LogP contribution in [-0.2, 0) is 6.54 Å². The molecule has 3 heteroatoms. The van der Waals surface area contributed by atoms with Crippen molar-refractivity contribution in [2.24, 2.45) is 0 Å². The Morgan fingerprint density at radius 1 is 1.00 bits per heavy atom. The Labute approximate surface area is 123 Å². The lowest BCUT2D eigenvalue weighted by Crippen LogP contribution is -2.01. The summed E-state index contributed by atoms with van der Waals surface area (Å²) in [5.41, 5.74) is 1.92. The van der Waals surface area contributed by atoms with Gasteiger partial charge in [-0.3, -0.25) is 0 Å². The molecule has 0 aliphatic rings. The molecule has 0 unspecified atom stereocenters. The molecule has 0 aliphatic heterocycles. The zero-order valence-electron chi connectivity index (χ0n) is 11.8. The molecule has 3 aromatic rings. The summed E-state index contributed by atoms with van der Waals surface area (Å²) in [6.07, 6.45) is 0. The van der Waals surface area contributed by atoms with Gasteiger partial charge in [0, 0.05) is 18.3 Å². The van der Waals surface area contributed by atoms with E-state index in [1.807, 2.05) is 24.3 Å². The molecule has 0 aliphatic carbocycles. The van der Waals surface area contributed by atoms with Crippen LogP contribution in [0.15, 0.2) is 60.7 Å². The molecule has 1 N–H and O–H groups in total. The molecule has 0 fully saturated rings. The first kappa shape index (κ1) is 13.4. The van der Waals surface area contributed by atoms with E-state index in [1.165, 1.54) is 29.5 Å². The average Bonchev–Trinajstić information content (AvgIpc) is 2.53. The first-order valence-electron chi connectivity index (χ1n) is 6.82. The second-order valence-electron chi connectivity index (χ2n) is 4.84. The summed E-state index contributed by atoms with van der Waals surface area (Å²) in [6, 6.07) is 19.3. The quantitative estimate of drug-likeness (QED) is 0.754. The molecule has 0 amide bonds. The third-order valence-corrected chi connectivity index (χ3v) is 3.51. The van der Waals surface area contributed by atoms with Crippen molar-refractivity contribution in [3.05, 3.63) is 72.0 Å². The van der Waals surface area contributed by atoms with E-state index >= 15 is 0 Å². The summed E-state index contributed by atoms with van der Waals surface area (Å²) >= 11 is 0. The second kappa shape index (κ2) is 5.83. The molecule has 3 aromatic carbocycles. The standard InChI is InChI=1S/C18H16FNO/c1-21-18-10-9-15(11-17(18)19)20-12-14-7-4-6-13-5-2-3-8-16(13)14/h2-11,20H,12H2,1H3. The molecule has 0 saturated carbocycles. The van der Waals surface area contributed by atoms with Crippen molar-refractivity contribution in [3.8, 4) is 5.75 Å². The molecule has 0 spiro atoms. The molecular weight excluding hydrogens is 265 g/mol. The van der Waals surface area contributed by atoms with Gasteiger partial charge in [-0.1, -0.05) is 42.5 Å². The van der Waals surface area contributed by atoms with Gasteiger partial charge in [-0.2, -0.15) is 0 Å². The summed E-state index contributed by atoms with van der Waals surface area (Å²) in [4.78, 5) is 0. The molecule has 106 valence electrons. The number of anilines is 1. The highest BCUT2D eigenvalue weighted by molar-refractivity contribution is 5.85. The van der Waals surface area contributed by atoms with Crippen LogP contribution in [0.1, 0.15) is 5.56 Å². The fraction of sp³-hybridized carbons (Fsp3) is 0.111. The van der Waals surface area contributed by atoms with Gasteiger partial charge in [-0.05, 0) is 28.5 Å². The number of rotatable bonds is 4. The van der Waals surface area contributed by atoms with Gasteiger partial charge in [0.15, 0.2) is 11.6 Å². The largest absolute Gasteiger partial charge is 0.494 e. The van der Waals surface area contributed by atoms with Crippen LogP contribution in [0.25, 0.3) is 10.8 Å². The lowest BCUT2D eigenvalue weighted by atomic mass is 10.0. The predicted molar refractivity (Wildman–Crippen MR) is 84.2 cm³/mol. The zero-order valence-corrected chi connectivity index (χ0v) is 11.8. The molecule has 0 bridgehead atoms. The number of methoxy groups -OCH3 is 1. The van der Waals surface area contributed by atoms with E-state index in [4.69, 9.17) is 4.74 Å². The summed E-state index contributed by atoms with van der Waals surface area (Å²) in [5, 5.41) is 5.67. The number of hydrogen-bond donors (Lipinski definition) is 1. The van der Waals surface area contributed by atoms with E-state index in [2.05, 4.69) is 29.6 Å². The molecule has 0 aromatic heterocycles. The monoisotopic (exact) mass is 281 g/mol. The minimum Gasteiger partial charge on any atom is -0.494 e. The van der Waals surface area contributed by atoms with Gasteiger partial charge in [-0.15, -0.1) is 0 Å². The van der Waals surface area contributed by atoms with Crippen molar-refractivity contribution in [2.75, 3.05) is 12.4 Å². The van der Waals surface area contributed by atoms with Crippen LogP contribution in [0.3, 0.4) is 0 Å². The van der Waals surface area contributed by atoms with Crippen LogP contribution >= 0.6 is 0 Å². The number of fused-ring (bicyclic) bond motifs is 1. The van der Waals surface area contributed by atoms with Gasteiger partial charge in [0.05, 0.1) is 7.11 Å². The normalized spacial score (nSPS) is 10.6. The fourth-order valence-corrected chi connectivity index (χ4v) is 2.42. The number of hydrogen-bond acceptors (Lipinski definition) is 2. The van der Waals surface area contributed by atoms with E-state index in [-0.39, 0.29) is 11.6 Å². The van der Waals surface area contributed by atoms with E-state index in [1.54, 1.807) is 6.07 Å². The summed E-state index contributed by atoms with van der Waals surface area (Å²) in [7, 11) is 1.46. The lowest BCUT2D eigenvalue weighted by molar-refractivity contribution is 0.386. The molecular formula is C18H16FNO. The second-order valence-corrected chi connectivity index (χ2v) is 4.84. The summed E-state index contributed by atoms with van der Waals surface area (Å²) in [5.74, 6) is -0.105. The maximum atomic E-state index is 13.7. The first-order chi connectivity index (χ1) is 10.3. The van der Waals surface area contributed by atoms with E-state index in [9.17, 15) is 4.39 Å². The highest BCUT2D eigenvalue weighted by Gasteiger charge is 2.04. The number of ether oxygens (including phenoxy) is 1. The van der Waals surface area contributed by atoms with E-state index in [0.717, 1.165) is 5.69 Å². The topological polar surface area (TPSA) is 21.3 Å².